The minimum absolute atomic E-state index is 0.0619. The maximum Gasteiger partial charge on any atom is 0.326 e. The van der Waals surface area contributed by atoms with Gasteiger partial charge in [0.15, 0.2) is 0 Å². The van der Waals surface area contributed by atoms with Crippen molar-refractivity contribution < 1.29 is 4.79 Å². The van der Waals surface area contributed by atoms with Gasteiger partial charge in [-0.1, -0.05) is 12.1 Å². The fourth-order valence-corrected chi connectivity index (χ4v) is 3.32. The van der Waals surface area contributed by atoms with Gasteiger partial charge in [-0.2, -0.15) is 0 Å². The number of amides is 1. The number of hydrogen-bond acceptors (Lipinski definition) is 2. The fourth-order valence-electron chi connectivity index (χ4n) is 3.19. The van der Waals surface area contributed by atoms with Gasteiger partial charge in [0.1, 0.15) is 0 Å². The van der Waals surface area contributed by atoms with E-state index in [1.54, 1.807) is 0 Å². The van der Waals surface area contributed by atoms with Crippen LogP contribution < -0.4 is 5.69 Å². The Morgan fingerprint density at radius 2 is 2.00 bits per heavy atom. The Labute approximate surface area is 133 Å². The maximum atomic E-state index is 12.2. The number of aromatic amines is 1. The van der Waals surface area contributed by atoms with Crippen LogP contribution in [0.25, 0.3) is 11.0 Å². The summed E-state index contributed by atoms with van der Waals surface area (Å²) < 4.78 is 1.84. The molecule has 0 aliphatic carbocycles. The number of benzene rings is 1. The number of piperidine rings is 1. The SMILES string of the molecule is O=C(CCCCl)N1CCC(n2c(=O)[nH]c3ccccc32)CC1. The summed E-state index contributed by atoms with van der Waals surface area (Å²) in [7, 11) is 0. The Bertz CT molecular complexity index is 713. The molecule has 1 aromatic heterocycles. The van der Waals surface area contributed by atoms with Crippen LogP contribution in [0, 0.1) is 0 Å². The molecule has 118 valence electrons. The second-order valence-corrected chi connectivity index (χ2v) is 6.10. The van der Waals surface area contributed by atoms with Gasteiger partial charge >= 0.3 is 5.69 Å². The smallest absolute Gasteiger partial charge is 0.326 e. The molecule has 0 saturated carbocycles. The topological polar surface area (TPSA) is 58.1 Å². The number of aromatic nitrogens is 2. The summed E-state index contributed by atoms with van der Waals surface area (Å²) >= 11 is 5.64. The zero-order valence-corrected chi connectivity index (χ0v) is 13.2. The molecule has 1 aliphatic rings. The normalized spacial score (nSPS) is 16.3. The number of halogens is 1. The highest BCUT2D eigenvalue weighted by Gasteiger charge is 2.25. The minimum Gasteiger partial charge on any atom is -0.343 e. The van der Waals surface area contributed by atoms with Crippen LogP contribution in [0.4, 0.5) is 0 Å². The molecule has 6 heteroatoms. The Hall–Kier alpha value is -1.75. The van der Waals surface area contributed by atoms with E-state index in [4.69, 9.17) is 11.6 Å². The highest BCUT2D eigenvalue weighted by Crippen LogP contribution is 2.25. The Kier molecular flexibility index (Phi) is 4.52. The lowest BCUT2D eigenvalue weighted by Crippen LogP contribution is -2.40. The maximum absolute atomic E-state index is 12.2. The number of H-pyrrole nitrogens is 1. The summed E-state index contributed by atoms with van der Waals surface area (Å²) in [6.07, 6.45) is 2.87. The first-order valence-corrected chi connectivity index (χ1v) is 8.27. The lowest BCUT2D eigenvalue weighted by Gasteiger charge is -2.32. The summed E-state index contributed by atoms with van der Waals surface area (Å²) in [6, 6.07) is 7.89. The lowest BCUT2D eigenvalue weighted by molar-refractivity contribution is -0.132. The molecule has 0 radical (unpaired) electrons. The number of carbonyl (C=O) groups excluding carboxylic acids is 1. The lowest BCUT2D eigenvalue weighted by atomic mass is 10.0. The number of rotatable bonds is 4. The Morgan fingerprint density at radius 1 is 1.27 bits per heavy atom. The van der Waals surface area contributed by atoms with Crippen molar-refractivity contribution in [1.29, 1.82) is 0 Å². The van der Waals surface area contributed by atoms with Gasteiger partial charge < -0.3 is 9.88 Å². The van der Waals surface area contributed by atoms with Gasteiger partial charge in [-0.25, -0.2) is 4.79 Å². The molecule has 1 saturated heterocycles. The largest absolute Gasteiger partial charge is 0.343 e. The number of likely N-dealkylation sites (tertiary alicyclic amines) is 1. The van der Waals surface area contributed by atoms with Crippen LogP contribution in [0.3, 0.4) is 0 Å². The van der Waals surface area contributed by atoms with Crippen LogP contribution >= 0.6 is 11.6 Å². The third kappa shape index (κ3) is 2.90. The number of fused-ring (bicyclic) bond motifs is 1. The van der Waals surface area contributed by atoms with Gasteiger partial charge in [0, 0.05) is 31.4 Å². The number of nitrogens with one attached hydrogen (secondary N) is 1. The monoisotopic (exact) mass is 321 g/mol. The van der Waals surface area contributed by atoms with Crippen molar-refractivity contribution in [3.63, 3.8) is 0 Å². The molecular weight excluding hydrogens is 302 g/mol. The summed E-state index contributed by atoms with van der Waals surface area (Å²) in [5.41, 5.74) is 1.75. The molecule has 3 rings (SSSR count). The highest BCUT2D eigenvalue weighted by atomic mass is 35.5. The van der Waals surface area contributed by atoms with E-state index < -0.39 is 0 Å². The number of para-hydroxylation sites is 2. The van der Waals surface area contributed by atoms with E-state index in [9.17, 15) is 9.59 Å². The number of nitrogens with zero attached hydrogens (tertiary/aromatic N) is 2. The van der Waals surface area contributed by atoms with Crippen molar-refractivity contribution in [3.05, 3.63) is 34.7 Å². The first-order valence-electron chi connectivity index (χ1n) is 7.73. The average Bonchev–Trinajstić information content (AvgIpc) is 2.88. The van der Waals surface area contributed by atoms with Gasteiger partial charge in [-0.05, 0) is 31.4 Å². The van der Waals surface area contributed by atoms with Crippen molar-refractivity contribution in [2.75, 3.05) is 19.0 Å². The van der Waals surface area contributed by atoms with Gasteiger partial charge in [0.25, 0.3) is 0 Å². The Balaban J connectivity index is 1.72. The van der Waals surface area contributed by atoms with E-state index in [0.29, 0.717) is 25.4 Å². The first-order chi connectivity index (χ1) is 10.7. The molecule has 22 heavy (non-hydrogen) atoms. The summed E-state index contributed by atoms with van der Waals surface area (Å²) in [4.78, 5) is 29.0. The fraction of sp³-hybridized carbons (Fsp3) is 0.500. The number of hydrogen-bond donors (Lipinski definition) is 1. The Morgan fingerprint density at radius 3 is 2.73 bits per heavy atom. The van der Waals surface area contributed by atoms with Crippen LogP contribution in [0.15, 0.2) is 29.1 Å². The molecule has 1 N–H and O–H groups in total. The average molecular weight is 322 g/mol. The van der Waals surface area contributed by atoms with E-state index in [1.807, 2.05) is 33.7 Å². The quantitative estimate of drug-likeness (QED) is 0.880. The van der Waals surface area contributed by atoms with E-state index in [1.165, 1.54) is 0 Å². The van der Waals surface area contributed by atoms with Crippen LogP contribution in [0.1, 0.15) is 31.7 Å². The second kappa shape index (κ2) is 6.57. The van der Waals surface area contributed by atoms with E-state index in [2.05, 4.69) is 4.98 Å². The van der Waals surface area contributed by atoms with Gasteiger partial charge in [-0.3, -0.25) is 9.36 Å². The predicted molar refractivity (Wildman–Crippen MR) is 87.4 cm³/mol. The van der Waals surface area contributed by atoms with Gasteiger partial charge in [0.05, 0.1) is 11.0 Å². The van der Waals surface area contributed by atoms with Crippen molar-refractivity contribution in [2.45, 2.75) is 31.7 Å². The van der Waals surface area contributed by atoms with Crippen LogP contribution in [0.2, 0.25) is 0 Å². The second-order valence-electron chi connectivity index (χ2n) is 5.72. The van der Waals surface area contributed by atoms with Crippen LogP contribution in [-0.2, 0) is 4.79 Å². The van der Waals surface area contributed by atoms with Crippen molar-refractivity contribution in [2.24, 2.45) is 0 Å². The standard InChI is InChI=1S/C16H20ClN3O2/c17-9-3-6-15(21)19-10-7-12(8-11-19)20-14-5-2-1-4-13(14)18-16(20)22/h1-2,4-5,12H,3,6-11H2,(H,18,22). The van der Waals surface area contributed by atoms with E-state index in [-0.39, 0.29) is 17.6 Å². The van der Waals surface area contributed by atoms with E-state index in [0.717, 1.165) is 30.3 Å². The molecule has 2 aromatic rings. The van der Waals surface area contributed by atoms with E-state index >= 15 is 0 Å². The summed E-state index contributed by atoms with van der Waals surface area (Å²) in [6.45, 7) is 1.41. The third-order valence-electron chi connectivity index (χ3n) is 4.33. The number of imidazole rings is 1. The molecule has 0 atom stereocenters. The molecule has 1 aliphatic heterocycles. The molecule has 0 unspecified atom stereocenters. The first kappa shape index (κ1) is 15.2. The van der Waals surface area contributed by atoms with Crippen molar-refractivity contribution in [1.82, 2.24) is 14.5 Å². The molecule has 1 fully saturated rings. The number of alkyl halides is 1. The zero-order valence-electron chi connectivity index (χ0n) is 12.4. The van der Waals surface area contributed by atoms with Crippen LogP contribution in [0.5, 0.6) is 0 Å². The molecule has 5 nitrogen and oxygen atoms in total. The predicted octanol–water partition coefficient (Wildman–Crippen LogP) is 2.51. The van der Waals surface area contributed by atoms with Gasteiger partial charge in [-0.15, -0.1) is 11.6 Å². The van der Waals surface area contributed by atoms with Crippen LogP contribution in [-0.4, -0.2) is 39.3 Å². The van der Waals surface area contributed by atoms with Crippen molar-refractivity contribution in [3.8, 4) is 0 Å². The molecule has 1 amide bonds. The van der Waals surface area contributed by atoms with Crippen molar-refractivity contribution >= 4 is 28.5 Å². The minimum atomic E-state index is -0.0619. The molecular formula is C16H20ClN3O2. The summed E-state index contributed by atoms with van der Waals surface area (Å²) in [5.74, 6) is 0.692. The van der Waals surface area contributed by atoms with Gasteiger partial charge in [0.2, 0.25) is 5.91 Å². The molecule has 0 bridgehead atoms. The molecule has 1 aromatic carbocycles. The zero-order chi connectivity index (χ0) is 15.5. The highest BCUT2D eigenvalue weighted by molar-refractivity contribution is 6.17. The summed E-state index contributed by atoms with van der Waals surface area (Å²) in [5, 5.41) is 0. The molecule has 0 spiro atoms. The third-order valence-corrected chi connectivity index (χ3v) is 4.60. The number of carbonyl (C=O) groups is 1. The molecule has 2 heterocycles.